The SMILES string of the molecule is CCCCCCCCOc1c(O)cccc1C(=O)OCCCN(CC1CO1)c1c(C)ccc(N(CC2CO2)CC2CO2)c1C. The van der Waals surface area contributed by atoms with E-state index in [1.807, 2.05) is 0 Å². The molecule has 3 fully saturated rings. The maximum Gasteiger partial charge on any atom is 0.342 e. The molecule has 0 aliphatic carbocycles. The number of aromatic hydroxyl groups is 1. The van der Waals surface area contributed by atoms with E-state index in [4.69, 9.17) is 23.7 Å². The Morgan fingerprint density at radius 2 is 1.48 bits per heavy atom. The van der Waals surface area contributed by atoms with Crippen LogP contribution in [0.15, 0.2) is 30.3 Å². The highest BCUT2D eigenvalue weighted by molar-refractivity contribution is 5.93. The minimum Gasteiger partial charge on any atom is -0.504 e. The van der Waals surface area contributed by atoms with E-state index in [0.29, 0.717) is 13.0 Å². The number of anilines is 2. The molecule has 0 saturated carbocycles. The maximum absolute atomic E-state index is 13.1. The van der Waals surface area contributed by atoms with E-state index in [1.165, 1.54) is 48.2 Å². The third-order valence-electron chi connectivity index (χ3n) is 8.50. The summed E-state index contributed by atoms with van der Waals surface area (Å²) in [6, 6.07) is 9.25. The molecule has 9 heteroatoms. The number of hydrogen-bond donors (Lipinski definition) is 1. The topological polar surface area (TPSA) is 99.8 Å². The number of hydrogen-bond acceptors (Lipinski definition) is 9. The Morgan fingerprint density at radius 3 is 2.14 bits per heavy atom. The Labute approximate surface area is 262 Å². The first-order valence-electron chi connectivity index (χ1n) is 16.5. The normalized spacial score (nSPS) is 19.8. The number of phenols is 1. The zero-order valence-electron chi connectivity index (χ0n) is 26.7. The molecule has 2 aromatic carbocycles. The van der Waals surface area contributed by atoms with Gasteiger partial charge in [0.05, 0.1) is 51.3 Å². The minimum atomic E-state index is -0.481. The average Bonchev–Trinajstić information content (AvgIpc) is 3.84. The number of carbonyl (C=O) groups is 1. The fraction of sp³-hybridized carbons (Fsp3) is 0.629. The van der Waals surface area contributed by atoms with Crippen molar-refractivity contribution in [1.29, 1.82) is 0 Å². The number of esters is 1. The van der Waals surface area contributed by atoms with Crippen molar-refractivity contribution in [1.82, 2.24) is 0 Å². The van der Waals surface area contributed by atoms with Crippen molar-refractivity contribution < 1.29 is 33.6 Å². The molecule has 3 unspecified atom stereocenters. The van der Waals surface area contributed by atoms with Gasteiger partial charge in [0.1, 0.15) is 5.56 Å². The lowest BCUT2D eigenvalue weighted by Gasteiger charge is -2.32. The standard InChI is InChI=1S/C35H50N2O7/c1-4-5-6-7-8-9-17-40-34-30(12-10-13-32(34)38)35(39)41-18-11-16-36(19-27-22-42-27)33-25(2)14-15-31(26(33)3)37(20-28-23-43-28)21-29-24-44-29/h10,12-15,27-29,38H,4-9,11,16-24H2,1-3H3. The van der Waals surface area contributed by atoms with E-state index < -0.39 is 5.97 Å². The molecule has 0 radical (unpaired) electrons. The van der Waals surface area contributed by atoms with Crippen LogP contribution in [0.5, 0.6) is 11.5 Å². The molecule has 5 rings (SSSR count). The molecule has 3 atom stereocenters. The van der Waals surface area contributed by atoms with E-state index in [0.717, 1.165) is 58.8 Å². The first kappa shape index (κ1) is 32.4. The third-order valence-corrected chi connectivity index (χ3v) is 8.50. The zero-order chi connectivity index (χ0) is 30.9. The van der Waals surface area contributed by atoms with Crippen LogP contribution in [0, 0.1) is 13.8 Å². The summed E-state index contributed by atoms with van der Waals surface area (Å²) in [4.78, 5) is 17.9. The number of epoxide rings is 3. The molecule has 0 aromatic heterocycles. The largest absolute Gasteiger partial charge is 0.504 e. The lowest BCUT2D eigenvalue weighted by Crippen LogP contribution is -2.34. The summed E-state index contributed by atoms with van der Waals surface area (Å²) in [5.41, 5.74) is 5.12. The second-order valence-electron chi connectivity index (χ2n) is 12.4. The number of rotatable bonds is 21. The number of unbranched alkanes of at least 4 members (excludes halogenated alkanes) is 5. The van der Waals surface area contributed by atoms with Gasteiger partial charge in [-0.05, 0) is 56.0 Å². The number of aryl methyl sites for hydroxylation is 1. The van der Waals surface area contributed by atoms with Crippen molar-refractivity contribution in [3.8, 4) is 11.5 Å². The smallest absolute Gasteiger partial charge is 0.342 e. The fourth-order valence-electron chi connectivity index (χ4n) is 5.87. The third kappa shape index (κ3) is 9.49. The summed E-state index contributed by atoms with van der Waals surface area (Å²) in [6.45, 7) is 12.9. The second-order valence-corrected chi connectivity index (χ2v) is 12.4. The molecule has 242 valence electrons. The van der Waals surface area contributed by atoms with Crippen LogP contribution in [0.1, 0.15) is 73.4 Å². The molecule has 0 bridgehead atoms. The molecule has 1 N–H and O–H groups in total. The van der Waals surface area contributed by atoms with Crippen molar-refractivity contribution in [3.63, 3.8) is 0 Å². The van der Waals surface area contributed by atoms with Gasteiger partial charge in [0.2, 0.25) is 0 Å². The van der Waals surface area contributed by atoms with Crippen LogP contribution in [-0.2, 0) is 18.9 Å². The molecular formula is C35H50N2O7. The second kappa shape index (κ2) is 15.8. The number of benzene rings is 2. The predicted octanol–water partition coefficient (Wildman–Crippen LogP) is 5.80. The molecule has 2 aromatic rings. The van der Waals surface area contributed by atoms with Gasteiger partial charge < -0.3 is 38.6 Å². The predicted molar refractivity (Wildman–Crippen MR) is 171 cm³/mol. The van der Waals surface area contributed by atoms with Crippen LogP contribution in [0.3, 0.4) is 0 Å². The van der Waals surface area contributed by atoms with Crippen LogP contribution < -0.4 is 14.5 Å². The van der Waals surface area contributed by atoms with Crippen LogP contribution in [-0.4, -0.2) is 88.6 Å². The molecule has 0 amide bonds. The van der Waals surface area contributed by atoms with Crippen molar-refractivity contribution in [2.75, 3.05) is 69.0 Å². The van der Waals surface area contributed by atoms with Crippen LogP contribution in [0.4, 0.5) is 11.4 Å². The summed E-state index contributed by atoms with van der Waals surface area (Å²) in [5.74, 6) is -0.313. The number of ether oxygens (including phenoxy) is 5. The molecule has 3 aliphatic heterocycles. The maximum atomic E-state index is 13.1. The van der Waals surface area contributed by atoms with Gasteiger partial charge in [0, 0.05) is 37.6 Å². The summed E-state index contributed by atoms with van der Waals surface area (Å²) < 4.78 is 28.3. The van der Waals surface area contributed by atoms with E-state index in [2.05, 4.69) is 42.7 Å². The van der Waals surface area contributed by atoms with Gasteiger partial charge in [-0.3, -0.25) is 0 Å². The monoisotopic (exact) mass is 610 g/mol. The highest BCUT2D eigenvalue weighted by atomic mass is 16.6. The molecule has 3 aliphatic rings. The number of phenolic OH excluding ortho intramolecular Hbond substituents is 1. The molecule has 3 heterocycles. The lowest BCUT2D eigenvalue weighted by atomic mass is 10.0. The lowest BCUT2D eigenvalue weighted by molar-refractivity contribution is 0.0496. The van der Waals surface area contributed by atoms with Gasteiger partial charge in [0.25, 0.3) is 0 Å². The Bertz CT molecular complexity index is 1210. The Hall–Kier alpha value is -3.01. The first-order chi connectivity index (χ1) is 21.4. The Balaban J connectivity index is 1.18. The van der Waals surface area contributed by atoms with E-state index >= 15 is 0 Å². The van der Waals surface area contributed by atoms with E-state index in [9.17, 15) is 9.90 Å². The zero-order valence-corrected chi connectivity index (χ0v) is 26.7. The Morgan fingerprint density at radius 1 is 0.841 bits per heavy atom. The van der Waals surface area contributed by atoms with Crippen molar-refractivity contribution >= 4 is 17.3 Å². The van der Waals surface area contributed by atoms with E-state index in [-0.39, 0.29) is 42.0 Å². The molecule has 0 spiro atoms. The molecular weight excluding hydrogens is 560 g/mol. The Kier molecular flexibility index (Phi) is 11.6. The highest BCUT2D eigenvalue weighted by Crippen LogP contribution is 2.36. The van der Waals surface area contributed by atoms with Crippen LogP contribution in [0.25, 0.3) is 0 Å². The summed E-state index contributed by atoms with van der Waals surface area (Å²) in [7, 11) is 0. The van der Waals surface area contributed by atoms with Crippen molar-refractivity contribution in [2.45, 2.75) is 84.0 Å². The van der Waals surface area contributed by atoms with Gasteiger partial charge in [-0.25, -0.2) is 4.79 Å². The summed E-state index contributed by atoms with van der Waals surface area (Å²) in [6.07, 6.45) is 8.26. The average molecular weight is 611 g/mol. The number of carbonyl (C=O) groups excluding carboxylic acids is 1. The summed E-state index contributed by atoms with van der Waals surface area (Å²) in [5, 5.41) is 10.4. The minimum absolute atomic E-state index is 0.0394. The molecule has 9 nitrogen and oxygen atoms in total. The summed E-state index contributed by atoms with van der Waals surface area (Å²) >= 11 is 0. The van der Waals surface area contributed by atoms with Gasteiger partial charge in [0.15, 0.2) is 11.5 Å². The van der Waals surface area contributed by atoms with Gasteiger partial charge in [-0.1, -0.05) is 51.2 Å². The molecule has 3 saturated heterocycles. The van der Waals surface area contributed by atoms with Gasteiger partial charge >= 0.3 is 5.97 Å². The van der Waals surface area contributed by atoms with Crippen molar-refractivity contribution in [3.05, 3.63) is 47.0 Å². The van der Waals surface area contributed by atoms with Crippen LogP contribution in [0.2, 0.25) is 0 Å². The number of para-hydroxylation sites is 1. The van der Waals surface area contributed by atoms with Gasteiger partial charge in [-0.2, -0.15) is 0 Å². The van der Waals surface area contributed by atoms with Crippen LogP contribution >= 0.6 is 0 Å². The fourth-order valence-corrected chi connectivity index (χ4v) is 5.87. The van der Waals surface area contributed by atoms with Gasteiger partial charge in [-0.15, -0.1) is 0 Å². The first-order valence-corrected chi connectivity index (χ1v) is 16.5. The van der Waals surface area contributed by atoms with Crippen molar-refractivity contribution in [2.24, 2.45) is 0 Å². The number of nitrogens with zero attached hydrogens (tertiary/aromatic N) is 2. The van der Waals surface area contributed by atoms with E-state index in [1.54, 1.807) is 18.2 Å². The molecule has 44 heavy (non-hydrogen) atoms. The quantitative estimate of drug-likeness (QED) is 0.107. The highest BCUT2D eigenvalue weighted by Gasteiger charge is 2.33.